The number of hydrogen-bond donors (Lipinski definition) is 0. The molecule has 0 aliphatic carbocycles. The van der Waals surface area contributed by atoms with E-state index in [-0.39, 0.29) is 0 Å². The van der Waals surface area contributed by atoms with Crippen molar-refractivity contribution in [1.82, 2.24) is 0 Å². The molecule has 0 heterocycles. The molecule has 0 spiro atoms. The Balaban J connectivity index is 2.06. The van der Waals surface area contributed by atoms with Crippen molar-refractivity contribution in [3.05, 3.63) is 59.7 Å². The quantitative estimate of drug-likeness (QED) is 0.758. The first-order valence-corrected chi connectivity index (χ1v) is 6.26. The van der Waals surface area contributed by atoms with Crippen LogP contribution >= 0.6 is 11.6 Å². The van der Waals surface area contributed by atoms with Crippen LogP contribution in [0.25, 0.3) is 0 Å². The van der Waals surface area contributed by atoms with E-state index in [1.54, 1.807) is 7.11 Å². The normalized spacial score (nSPS) is 10.1. The van der Waals surface area contributed by atoms with Crippen LogP contribution in [0.1, 0.15) is 11.1 Å². The molecule has 2 nitrogen and oxygen atoms in total. The van der Waals surface area contributed by atoms with Crippen LogP contribution in [0.5, 0.6) is 11.5 Å². The molecule has 0 aliphatic heterocycles. The van der Waals surface area contributed by atoms with E-state index in [1.807, 2.05) is 48.5 Å². The Hall–Kier alpha value is -1.67. The third-order valence-electron chi connectivity index (χ3n) is 2.65. The highest BCUT2D eigenvalue weighted by Crippen LogP contribution is 2.21. The Labute approximate surface area is 112 Å². The van der Waals surface area contributed by atoms with E-state index in [0.29, 0.717) is 12.5 Å². The summed E-state index contributed by atoms with van der Waals surface area (Å²) in [7, 11) is 1.66. The van der Waals surface area contributed by atoms with Gasteiger partial charge in [0.05, 0.1) is 13.0 Å². The third-order valence-corrected chi connectivity index (χ3v) is 2.93. The molecule has 0 aromatic heterocycles. The number of benzene rings is 2. The predicted molar refractivity (Wildman–Crippen MR) is 73.3 cm³/mol. The SMILES string of the molecule is COc1cccc(COc2ccccc2CCl)c1. The van der Waals surface area contributed by atoms with Crippen molar-refractivity contribution in [2.45, 2.75) is 12.5 Å². The number of methoxy groups -OCH3 is 1. The predicted octanol–water partition coefficient (Wildman–Crippen LogP) is 4.01. The minimum Gasteiger partial charge on any atom is -0.497 e. The van der Waals surface area contributed by atoms with Gasteiger partial charge in [0.25, 0.3) is 0 Å². The second-order valence-electron chi connectivity index (χ2n) is 3.88. The average molecular weight is 263 g/mol. The fraction of sp³-hybridized carbons (Fsp3) is 0.200. The largest absolute Gasteiger partial charge is 0.497 e. The van der Waals surface area contributed by atoms with Crippen molar-refractivity contribution in [3.63, 3.8) is 0 Å². The highest BCUT2D eigenvalue weighted by molar-refractivity contribution is 6.17. The molecule has 0 bridgehead atoms. The number of alkyl halides is 1. The summed E-state index contributed by atoms with van der Waals surface area (Å²) in [6.45, 7) is 0.505. The molecule has 0 saturated heterocycles. The van der Waals surface area contributed by atoms with Crippen LogP contribution in [0, 0.1) is 0 Å². The van der Waals surface area contributed by atoms with Crippen LogP contribution in [-0.4, -0.2) is 7.11 Å². The summed E-state index contributed by atoms with van der Waals surface area (Å²) >= 11 is 5.86. The maximum Gasteiger partial charge on any atom is 0.124 e. The molecule has 2 aromatic carbocycles. The topological polar surface area (TPSA) is 18.5 Å². The smallest absolute Gasteiger partial charge is 0.124 e. The van der Waals surface area contributed by atoms with Crippen molar-refractivity contribution in [2.24, 2.45) is 0 Å². The van der Waals surface area contributed by atoms with Gasteiger partial charge in [-0.2, -0.15) is 0 Å². The highest BCUT2D eigenvalue weighted by atomic mass is 35.5. The number of rotatable bonds is 5. The van der Waals surface area contributed by atoms with Gasteiger partial charge in [-0.25, -0.2) is 0 Å². The molecule has 18 heavy (non-hydrogen) atoms. The average Bonchev–Trinajstić information content (AvgIpc) is 2.45. The highest BCUT2D eigenvalue weighted by Gasteiger charge is 2.02. The maximum absolute atomic E-state index is 5.86. The lowest BCUT2D eigenvalue weighted by atomic mass is 10.2. The van der Waals surface area contributed by atoms with E-state index in [9.17, 15) is 0 Å². The summed E-state index contributed by atoms with van der Waals surface area (Å²) < 4.78 is 10.9. The molecule has 3 heteroatoms. The Morgan fingerprint density at radius 3 is 2.67 bits per heavy atom. The lowest BCUT2D eigenvalue weighted by Crippen LogP contribution is -1.98. The lowest BCUT2D eigenvalue weighted by molar-refractivity contribution is 0.303. The number of ether oxygens (including phenoxy) is 2. The first-order valence-electron chi connectivity index (χ1n) is 5.73. The van der Waals surface area contributed by atoms with Gasteiger partial charge in [0, 0.05) is 5.56 Å². The van der Waals surface area contributed by atoms with Gasteiger partial charge in [0.1, 0.15) is 18.1 Å². The standard InChI is InChI=1S/C15H15ClO2/c1-17-14-7-4-5-12(9-14)11-18-15-8-3-2-6-13(15)10-16/h2-9H,10-11H2,1H3. The van der Waals surface area contributed by atoms with Gasteiger partial charge in [0.15, 0.2) is 0 Å². The molecular formula is C15H15ClO2. The summed E-state index contributed by atoms with van der Waals surface area (Å²) in [5, 5.41) is 0. The van der Waals surface area contributed by atoms with Gasteiger partial charge < -0.3 is 9.47 Å². The minimum atomic E-state index is 0.453. The van der Waals surface area contributed by atoms with Gasteiger partial charge >= 0.3 is 0 Å². The van der Waals surface area contributed by atoms with Crippen LogP contribution in [0.15, 0.2) is 48.5 Å². The van der Waals surface area contributed by atoms with Crippen molar-refractivity contribution in [2.75, 3.05) is 7.11 Å². The summed E-state index contributed by atoms with van der Waals surface area (Å²) in [6.07, 6.45) is 0. The van der Waals surface area contributed by atoms with E-state index in [1.165, 1.54) is 0 Å². The minimum absolute atomic E-state index is 0.453. The Kier molecular flexibility index (Phi) is 4.48. The number of hydrogen-bond acceptors (Lipinski definition) is 2. The van der Waals surface area contributed by atoms with Crippen molar-refractivity contribution in [1.29, 1.82) is 0 Å². The first kappa shape index (κ1) is 12.8. The second-order valence-corrected chi connectivity index (χ2v) is 4.15. The van der Waals surface area contributed by atoms with Gasteiger partial charge in [0.2, 0.25) is 0 Å². The van der Waals surface area contributed by atoms with Gasteiger partial charge in [-0.15, -0.1) is 11.6 Å². The van der Waals surface area contributed by atoms with Gasteiger partial charge in [-0.05, 0) is 23.8 Å². The maximum atomic E-state index is 5.86. The van der Waals surface area contributed by atoms with Crippen LogP contribution in [-0.2, 0) is 12.5 Å². The molecule has 0 atom stereocenters. The second kappa shape index (κ2) is 6.31. The monoisotopic (exact) mass is 262 g/mol. The Morgan fingerprint density at radius 2 is 1.89 bits per heavy atom. The lowest BCUT2D eigenvalue weighted by Gasteiger charge is -2.10. The van der Waals surface area contributed by atoms with Crippen LogP contribution < -0.4 is 9.47 Å². The summed E-state index contributed by atoms with van der Waals surface area (Å²) in [4.78, 5) is 0. The molecule has 0 unspecified atom stereocenters. The van der Waals surface area contributed by atoms with E-state index < -0.39 is 0 Å². The molecule has 94 valence electrons. The van der Waals surface area contributed by atoms with Gasteiger partial charge in [-0.1, -0.05) is 30.3 Å². The fourth-order valence-electron chi connectivity index (χ4n) is 1.68. The van der Waals surface area contributed by atoms with Crippen LogP contribution in [0.3, 0.4) is 0 Å². The van der Waals surface area contributed by atoms with Crippen molar-refractivity contribution in [3.8, 4) is 11.5 Å². The zero-order valence-electron chi connectivity index (χ0n) is 10.2. The van der Waals surface area contributed by atoms with Crippen molar-refractivity contribution < 1.29 is 9.47 Å². The van der Waals surface area contributed by atoms with Gasteiger partial charge in [-0.3, -0.25) is 0 Å². The third kappa shape index (κ3) is 3.17. The number of halogens is 1. The molecule has 0 radical (unpaired) electrons. The summed E-state index contributed by atoms with van der Waals surface area (Å²) in [6, 6.07) is 15.6. The fourth-order valence-corrected chi connectivity index (χ4v) is 1.90. The zero-order valence-corrected chi connectivity index (χ0v) is 11.0. The molecule has 0 fully saturated rings. The molecule has 2 rings (SSSR count). The van der Waals surface area contributed by atoms with E-state index in [4.69, 9.17) is 21.1 Å². The van der Waals surface area contributed by atoms with E-state index in [0.717, 1.165) is 22.6 Å². The molecular weight excluding hydrogens is 248 g/mol. The molecule has 0 N–H and O–H groups in total. The van der Waals surface area contributed by atoms with Crippen LogP contribution in [0.2, 0.25) is 0 Å². The molecule has 0 aliphatic rings. The van der Waals surface area contributed by atoms with Crippen LogP contribution in [0.4, 0.5) is 0 Å². The summed E-state index contributed by atoms with van der Waals surface area (Å²) in [5.74, 6) is 2.12. The molecule has 2 aromatic rings. The van der Waals surface area contributed by atoms with Crippen molar-refractivity contribution >= 4 is 11.6 Å². The first-order chi connectivity index (χ1) is 8.83. The molecule has 0 saturated carbocycles. The zero-order chi connectivity index (χ0) is 12.8. The van der Waals surface area contributed by atoms with E-state index >= 15 is 0 Å². The van der Waals surface area contributed by atoms with E-state index in [2.05, 4.69) is 0 Å². The number of para-hydroxylation sites is 1. The summed E-state index contributed by atoms with van der Waals surface area (Å²) in [5.41, 5.74) is 2.07. The Morgan fingerprint density at radius 1 is 1.06 bits per heavy atom. The molecule has 0 amide bonds. The Bertz CT molecular complexity index is 511.